The molecule has 2 aliphatic rings. The molecule has 0 saturated heterocycles. The van der Waals surface area contributed by atoms with Gasteiger partial charge in [0, 0.05) is 24.3 Å². The molecule has 0 aliphatic carbocycles. The van der Waals surface area contributed by atoms with Crippen molar-refractivity contribution in [3.8, 4) is 5.75 Å². The van der Waals surface area contributed by atoms with E-state index in [2.05, 4.69) is 92.7 Å². The molecule has 3 heterocycles. The maximum absolute atomic E-state index is 16.2. The van der Waals surface area contributed by atoms with Crippen molar-refractivity contribution in [2.24, 2.45) is 0 Å². The van der Waals surface area contributed by atoms with Crippen LogP contribution in [-0.4, -0.2) is 21.6 Å². The van der Waals surface area contributed by atoms with Gasteiger partial charge in [-0.15, -0.1) is 0 Å². The van der Waals surface area contributed by atoms with Gasteiger partial charge in [0.15, 0.2) is 5.70 Å². The molecule has 0 fully saturated rings. The standard InChI is InChI=1S/C42H35BF2N2O/c1-23-20-31(21-24(2)37(23)40-41-25(3)18-27(5)46(41)43(44,45)47-28(6)19-26(4)42(40)47)48-22-30-16-17-36-34-14-8-11-29-10-7-13-33(38(29)34)35-15-9-12-32(30)39(35)36/h7-21H,22H2,1-6H3. The van der Waals surface area contributed by atoms with E-state index in [0.29, 0.717) is 29.4 Å². The number of benzene rings is 6. The molecular weight excluding hydrogens is 597 g/mol. The SMILES string of the molecule is CC1=CC(C)=[N+]2C1=C(c1c(C)cc(OCc3ccc4c5cccc6cccc(c7cccc3c74)c65)cc1C)c1c(C)cc(C)n1[B-]2(F)F. The van der Waals surface area contributed by atoms with E-state index in [4.69, 9.17) is 4.74 Å². The molecule has 1 aromatic heterocycles. The van der Waals surface area contributed by atoms with Gasteiger partial charge in [-0.2, -0.15) is 0 Å². The van der Waals surface area contributed by atoms with Crippen LogP contribution in [0.4, 0.5) is 8.63 Å². The molecule has 9 rings (SSSR count). The minimum atomic E-state index is -4.02. The Morgan fingerprint density at radius 1 is 0.688 bits per heavy atom. The second-order valence-electron chi connectivity index (χ2n) is 13.8. The second kappa shape index (κ2) is 9.90. The topological polar surface area (TPSA) is 17.2 Å². The van der Waals surface area contributed by atoms with Crippen LogP contribution in [-0.2, 0) is 6.61 Å². The Balaban J connectivity index is 1.14. The van der Waals surface area contributed by atoms with E-state index in [1.807, 2.05) is 26.0 Å². The lowest BCUT2D eigenvalue weighted by Crippen LogP contribution is -2.51. The zero-order valence-corrected chi connectivity index (χ0v) is 28.0. The number of halogens is 2. The third-order valence-electron chi connectivity index (χ3n) is 10.7. The summed E-state index contributed by atoms with van der Waals surface area (Å²) in [5, 5.41) is 10.1. The smallest absolute Gasteiger partial charge is 0.489 e. The monoisotopic (exact) mass is 632 g/mol. The Bertz CT molecular complexity index is 2580. The van der Waals surface area contributed by atoms with Gasteiger partial charge in [0.1, 0.15) is 18.1 Å². The number of hydrogen-bond donors (Lipinski definition) is 0. The summed E-state index contributed by atoms with van der Waals surface area (Å²) in [7, 11) is 0. The fourth-order valence-corrected chi connectivity index (χ4v) is 8.93. The number of aryl methyl sites for hydroxylation is 4. The molecule has 0 radical (unpaired) electrons. The van der Waals surface area contributed by atoms with Crippen LogP contribution in [0.1, 0.15) is 53.1 Å². The average Bonchev–Trinajstić information content (AvgIpc) is 3.54. The third-order valence-corrected chi connectivity index (χ3v) is 10.7. The summed E-state index contributed by atoms with van der Waals surface area (Å²) < 4.78 is 41.5. The van der Waals surface area contributed by atoms with Crippen molar-refractivity contribution in [3.05, 3.63) is 141 Å². The molecule has 236 valence electrons. The zero-order chi connectivity index (χ0) is 33.2. The minimum Gasteiger partial charge on any atom is -0.489 e. The zero-order valence-electron chi connectivity index (χ0n) is 28.0. The number of fused-ring (bicyclic) bond motifs is 4. The molecule has 0 atom stereocenters. The van der Waals surface area contributed by atoms with Crippen molar-refractivity contribution in [1.82, 2.24) is 4.48 Å². The Morgan fingerprint density at radius 2 is 1.29 bits per heavy atom. The van der Waals surface area contributed by atoms with Gasteiger partial charge >= 0.3 is 6.97 Å². The van der Waals surface area contributed by atoms with E-state index in [-0.39, 0.29) is 0 Å². The van der Waals surface area contributed by atoms with Crippen molar-refractivity contribution < 1.29 is 17.9 Å². The van der Waals surface area contributed by atoms with Crippen molar-refractivity contribution in [2.45, 2.75) is 48.1 Å². The lowest BCUT2D eigenvalue weighted by atomic mass is 9.81. The summed E-state index contributed by atoms with van der Waals surface area (Å²) >= 11 is 0. The number of hydrogen-bond acceptors (Lipinski definition) is 1. The van der Waals surface area contributed by atoms with Crippen molar-refractivity contribution in [2.75, 3.05) is 0 Å². The van der Waals surface area contributed by atoms with Crippen LogP contribution in [0.3, 0.4) is 0 Å². The summed E-state index contributed by atoms with van der Waals surface area (Å²) in [6.45, 7) is 7.94. The van der Waals surface area contributed by atoms with Crippen LogP contribution < -0.4 is 4.74 Å². The number of ether oxygens (including phenoxy) is 1. The van der Waals surface area contributed by atoms with Crippen LogP contribution in [0, 0.1) is 27.7 Å². The van der Waals surface area contributed by atoms with Crippen LogP contribution in [0.15, 0.2) is 102 Å². The highest BCUT2D eigenvalue weighted by Gasteiger charge is 2.55. The number of rotatable bonds is 4. The molecular formula is C42H35BF2N2O. The minimum absolute atomic E-state index is 0.415. The molecule has 6 heteroatoms. The highest BCUT2D eigenvalue weighted by molar-refractivity contribution is 6.58. The summed E-state index contributed by atoms with van der Waals surface area (Å²) in [6.07, 6.45) is 1.88. The van der Waals surface area contributed by atoms with E-state index in [1.54, 1.807) is 13.8 Å². The number of aromatic nitrogens is 1. The normalized spacial score (nSPS) is 15.7. The van der Waals surface area contributed by atoms with Crippen LogP contribution in [0.25, 0.3) is 48.7 Å². The molecule has 0 unspecified atom stereocenters. The largest absolute Gasteiger partial charge is 0.737 e. The molecule has 0 saturated carbocycles. The first-order chi connectivity index (χ1) is 23.1. The summed E-state index contributed by atoms with van der Waals surface area (Å²) in [5.41, 5.74) is 9.01. The van der Waals surface area contributed by atoms with Gasteiger partial charge in [0.2, 0.25) is 0 Å². The molecule has 0 bridgehead atoms. The first-order valence-electron chi connectivity index (χ1n) is 16.6. The summed E-state index contributed by atoms with van der Waals surface area (Å²) in [4.78, 5) is 0. The Kier molecular flexibility index (Phi) is 5.97. The van der Waals surface area contributed by atoms with Gasteiger partial charge in [0.05, 0.1) is 5.57 Å². The van der Waals surface area contributed by atoms with Gasteiger partial charge in [-0.3, -0.25) is 0 Å². The van der Waals surface area contributed by atoms with E-state index in [0.717, 1.165) is 44.7 Å². The molecule has 3 nitrogen and oxygen atoms in total. The lowest BCUT2D eigenvalue weighted by Gasteiger charge is -2.34. The van der Waals surface area contributed by atoms with E-state index >= 15 is 8.63 Å². The predicted molar refractivity (Wildman–Crippen MR) is 196 cm³/mol. The first kappa shape index (κ1) is 29.0. The summed E-state index contributed by atoms with van der Waals surface area (Å²) in [6, 6.07) is 30.1. The van der Waals surface area contributed by atoms with E-state index in [1.165, 1.54) is 52.1 Å². The van der Waals surface area contributed by atoms with Crippen molar-refractivity contribution in [1.29, 1.82) is 0 Å². The van der Waals surface area contributed by atoms with Gasteiger partial charge < -0.3 is 22.3 Å². The van der Waals surface area contributed by atoms with Crippen molar-refractivity contribution >= 4 is 61.3 Å². The fourth-order valence-electron chi connectivity index (χ4n) is 8.93. The molecule has 6 aromatic carbocycles. The fraction of sp³-hybridized carbons (Fsp3) is 0.167. The van der Waals surface area contributed by atoms with Crippen LogP contribution in [0.5, 0.6) is 5.75 Å². The van der Waals surface area contributed by atoms with E-state index < -0.39 is 6.97 Å². The average molecular weight is 633 g/mol. The molecule has 0 N–H and O–H groups in total. The highest BCUT2D eigenvalue weighted by atomic mass is 19.2. The van der Waals surface area contributed by atoms with Gasteiger partial charge in [0.25, 0.3) is 0 Å². The molecule has 0 spiro atoms. The maximum Gasteiger partial charge on any atom is 0.737 e. The maximum atomic E-state index is 16.2. The Labute approximate surface area is 278 Å². The first-order valence-corrected chi connectivity index (χ1v) is 16.6. The molecule has 48 heavy (non-hydrogen) atoms. The lowest BCUT2D eigenvalue weighted by molar-refractivity contribution is -0.363. The van der Waals surface area contributed by atoms with Gasteiger partial charge in [-0.05, 0) is 129 Å². The Hall–Kier alpha value is -5.23. The molecule has 7 aromatic rings. The second-order valence-corrected chi connectivity index (χ2v) is 13.8. The van der Waals surface area contributed by atoms with Gasteiger partial charge in [-0.1, -0.05) is 66.7 Å². The highest BCUT2D eigenvalue weighted by Crippen LogP contribution is 2.46. The number of allylic oxidation sites excluding steroid dienone is 2. The van der Waals surface area contributed by atoms with Crippen molar-refractivity contribution in [3.63, 3.8) is 0 Å². The molecule has 2 aliphatic heterocycles. The van der Waals surface area contributed by atoms with E-state index in [9.17, 15) is 0 Å². The Morgan fingerprint density at radius 3 is 1.98 bits per heavy atom. The summed E-state index contributed by atoms with van der Waals surface area (Å²) in [5.74, 6) is 0.766. The van der Waals surface area contributed by atoms with Crippen LogP contribution in [0.2, 0.25) is 0 Å². The predicted octanol–water partition coefficient (Wildman–Crippen LogP) is 10.8. The molecule has 0 amide bonds. The van der Waals surface area contributed by atoms with Gasteiger partial charge in [-0.25, -0.2) is 0 Å². The number of nitrogens with zero attached hydrogens (tertiary/aromatic N) is 2. The third kappa shape index (κ3) is 3.77. The quantitative estimate of drug-likeness (QED) is 0.107. The van der Waals surface area contributed by atoms with Crippen LogP contribution >= 0.6 is 0 Å².